The summed E-state index contributed by atoms with van der Waals surface area (Å²) >= 11 is 0. The SMILES string of the molecule is CC(C)C(C)(C)[Si]OC1=Cc2ccccc2C1. The van der Waals surface area contributed by atoms with Crippen LogP contribution in [-0.2, 0) is 10.8 Å². The van der Waals surface area contributed by atoms with E-state index in [0.717, 1.165) is 12.2 Å². The molecule has 0 heterocycles. The van der Waals surface area contributed by atoms with Gasteiger partial charge in [-0.05, 0) is 28.2 Å². The molecule has 0 spiro atoms. The summed E-state index contributed by atoms with van der Waals surface area (Å²) in [6.45, 7) is 9.07. The van der Waals surface area contributed by atoms with Gasteiger partial charge in [-0.2, -0.15) is 0 Å². The summed E-state index contributed by atoms with van der Waals surface area (Å²) in [5.41, 5.74) is 2.70. The van der Waals surface area contributed by atoms with Crippen LogP contribution >= 0.6 is 0 Å². The van der Waals surface area contributed by atoms with Gasteiger partial charge in [0.1, 0.15) is 0 Å². The summed E-state index contributed by atoms with van der Waals surface area (Å²) in [6.07, 6.45) is 3.14. The van der Waals surface area contributed by atoms with Gasteiger partial charge in [-0.25, -0.2) is 0 Å². The fourth-order valence-electron chi connectivity index (χ4n) is 1.63. The largest absolute Gasteiger partial charge is 0.543 e. The van der Waals surface area contributed by atoms with Crippen LogP contribution in [0.1, 0.15) is 38.8 Å². The van der Waals surface area contributed by atoms with Gasteiger partial charge < -0.3 is 4.43 Å². The Labute approximate surface area is 107 Å². The van der Waals surface area contributed by atoms with E-state index in [9.17, 15) is 0 Å². The van der Waals surface area contributed by atoms with Crippen LogP contribution in [0.4, 0.5) is 0 Å². The molecule has 2 rings (SSSR count). The van der Waals surface area contributed by atoms with Crippen LogP contribution in [0.15, 0.2) is 30.0 Å². The fraction of sp³-hybridized carbons (Fsp3) is 0.467. The zero-order valence-corrected chi connectivity index (χ0v) is 12.1. The lowest BCUT2D eigenvalue weighted by Crippen LogP contribution is -2.21. The molecule has 1 aromatic rings. The molecule has 0 N–H and O–H groups in total. The van der Waals surface area contributed by atoms with Gasteiger partial charge in [0.15, 0.2) is 0 Å². The second-order valence-electron chi connectivity index (χ2n) is 5.57. The van der Waals surface area contributed by atoms with Crippen molar-refractivity contribution < 1.29 is 4.43 Å². The lowest BCUT2D eigenvalue weighted by atomic mass is 9.99. The lowest BCUT2D eigenvalue weighted by molar-refractivity contribution is 0.375. The highest BCUT2D eigenvalue weighted by Crippen LogP contribution is 2.34. The highest BCUT2D eigenvalue weighted by Gasteiger charge is 2.27. The molecule has 0 aromatic heterocycles. The van der Waals surface area contributed by atoms with E-state index in [-0.39, 0.29) is 5.04 Å². The number of benzene rings is 1. The quantitative estimate of drug-likeness (QED) is 0.725. The number of rotatable bonds is 4. The van der Waals surface area contributed by atoms with Crippen LogP contribution in [0.5, 0.6) is 0 Å². The maximum Gasteiger partial charge on any atom is 0.316 e. The normalized spacial score (nSPS) is 14.8. The van der Waals surface area contributed by atoms with Crippen LogP contribution in [0.3, 0.4) is 0 Å². The first-order valence-electron chi connectivity index (χ1n) is 6.21. The zero-order chi connectivity index (χ0) is 12.5. The van der Waals surface area contributed by atoms with Gasteiger partial charge >= 0.3 is 9.76 Å². The topological polar surface area (TPSA) is 9.23 Å². The molecular formula is C15H20OSi. The third kappa shape index (κ3) is 2.81. The Hall–Kier alpha value is -1.02. The van der Waals surface area contributed by atoms with Gasteiger partial charge in [0.2, 0.25) is 0 Å². The summed E-state index contributed by atoms with van der Waals surface area (Å²) in [6, 6.07) is 8.51. The first kappa shape index (κ1) is 12.4. The Morgan fingerprint density at radius 1 is 1.24 bits per heavy atom. The summed E-state index contributed by atoms with van der Waals surface area (Å²) in [5, 5.41) is 0.260. The van der Waals surface area contributed by atoms with Crippen molar-refractivity contribution >= 4 is 15.8 Å². The van der Waals surface area contributed by atoms with Crippen LogP contribution in [-0.4, -0.2) is 9.76 Å². The standard InChI is InChI=1S/C15H20OSi/c1-11(2)15(3,4)17-16-14-9-12-7-5-6-8-13(12)10-14/h5-9,11H,10H2,1-4H3. The molecule has 0 saturated heterocycles. The molecule has 1 aliphatic carbocycles. The first-order chi connectivity index (χ1) is 7.99. The van der Waals surface area contributed by atoms with Gasteiger partial charge in [0, 0.05) is 6.42 Å². The summed E-state index contributed by atoms with van der Waals surface area (Å²) in [5.74, 6) is 1.77. The summed E-state index contributed by atoms with van der Waals surface area (Å²) in [4.78, 5) is 0. The van der Waals surface area contributed by atoms with E-state index in [1.54, 1.807) is 0 Å². The average molecular weight is 244 g/mol. The fourth-order valence-corrected chi connectivity index (χ4v) is 2.39. The van der Waals surface area contributed by atoms with Crippen LogP contribution < -0.4 is 0 Å². The van der Waals surface area contributed by atoms with E-state index in [1.807, 2.05) is 0 Å². The third-order valence-corrected chi connectivity index (χ3v) is 5.09. The van der Waals surface area contributed by atoms with E-state index in [1.165, 1.54) is 11.1 Å². The van der Waals surface area contributed by atoms with E-state index >= 15 is 0 Å². The van der Waals surface area contributed by atoms with Crippen LogP contribution in [0.2, 0.25) is 5.04 Å². The molecule has 1 aliphatic rings. The Bertz CT molecular complexity index is 432. The number of allylic oxidation sites excluding steroid dienone is 1. The van der Waals surface area contributed by atoms with Crippen molar-refractivity contribution in [1.82, 2.24) is 0 Å². The van der Waals surface area contributed by atoms with Crippen molar-refractivity contribution in [3.8, 4) is 0 Å². The molecule has 90 valence electrons. The highest BCUT2D eigenvalue weighted by atomic mass is 28.2. The molecule has 0 atom stereocenters. The van der Waals surface area contributed by atoms with Crippen molar-refractivity contribution in [3.63, 3.8) is 0 Å². The second kappa shape index (κ2) is 4.69. The van der Waals surface area contributed by atoms with Crippen molar-refractivity contribution in [2.24, 2.45) is 5.92 Å². The zero-order valence-electron chi connectivity index (χ0n) is 11.1. The average Bonchev–Trinajstić information content (AvgIpc) is 2.69. The number of hydrogen-bond acceptors (Lipinski definition) is 1. The molecule has 2 heteroatoms. The Balaban J connectivity index is 1.96. The predicted octanol–water partition coefficient (Wildman–Crippen LogP) is 4.07. The highest BCUT2D eigenvalue weighted by molar-refractivity contribution is 6.32. The lowest BCUT2D eigenvalue weighted by Gasteiger charge is -2.27. The van der Waals surface area contributed by atoms with E-state index < -0.39 is 0 Å². The minimum Gasteiger partial charge on any atom is -0.543 e. The predicted molar refractivity (Wildman–Crippen MR) is 73.8 cm³/mol. The molecule has 0 aliphatic heterocycles. The number of hydrogen-bond donors (Lipinski definition) is 0. The Morgan fingerprint density at radius 3 is 2.59 bits per heavy atom. The van der Waals surface area contributed by atoms with Crippen molar-refractivity contribution in [3.05, 3.63) is 41.2 Å². The monoisotopic (exact) mass is 244 g/mol. The second-order valence-corrected chi connectivity index (χ2v) is 7.26. The third-order valence-electron chi connectivity index (χ3n) is 3.62. The molecule has 17 heavy (non-hydrogen) atoms. The van der Waals surface area contributed by atoms with Crippen LogP contribution in [0, 0.1) is 5.92 Å². The molecule has 0 unspecified atom stereocenters. The molecule has 0 fully saturated rings. The van der Waals surface area contributed by atoms with Crippen molar-refractivity contribution in [2.75, 3.05) is 0 Å². The number of fused-ring (bicyclic) bond motifs is 1. The molecule has 0 amide bonds. The van der Waals surface area contributed by atoms with Gasteiger partial charge in [0.25, 0.3) is 0 Å². The maximum atomic E-state index is 6.00. The van der Waals surface area contributed by atoms with Gasteiger partial charge in [0.05, 0.1) is 5.76 Å². The van der Waals surface area contributed by atoms with Gasteiger partial charge in [-0.15, -0.1) is 0 Å². The molecule has 0 bridgehead atoms. The Morgan fingerprint density at radius 2 is 1.94 bits per heavy atom. The molecule has 1 nitrogen and oxygen atoms in total. The molecule has 0 saturated carbocycles. The van der Waals surface area contributed by atoms with Crippen molar-refractivity contribution in [1.29, 1.82) is 0 Å². The van der Waals surface area contributed by atoms with Crippen LogP contribution in [0.25, 0.3) is 6.08 Å². The van der Waals surface area contributed by atoms with E-state index in [0.29, 0.717) is 15.7 Å². The smallest absolute Gasteiger partial charge is 0.316 e. The summed E-state index contributed by atoms with van der Waals surface area (Å²) in [7, 11) is 0.533. The minimum absolute atomic E-state index is 0.260. The van der Waals surface area contributed by atoms with E-state index in [2.05, 4.69) is 58.0 Å². The van der Waals surface area contributed by atoms with Crippen molar-refractivity contribution in [2.45, 2.75) is 39.2 Å². The van der Waals surface area contributed by atoms with E-state index in [4.69, 9.17) is 4.43 Å². The minimum atomic E-state index is 0.260. The molecular weight excluding hydrogens is 224 g/mol. The van der Waals surface area contributed by atoms with Gasteiger partial charge in [-0.3, -0.25) is 0 Å². The molecule has 2 radical (unpaired) electrons. The maximum absolute atomic E-state index is 6.00. The Kier molecular flexibility index (Phi) is 3.43. The molecule has 1 aromatic carbocycles. The summed E-state index contributed by atoms with van der Waals surface area (Å²) < 4.78 is 6.00. The first-order valence-corrected chi connectivity index (χ1v) is 7.12. The van der Waals surface area contributed by atoms with Gasteiger partial charge in [-0.1, -0.05) is 52.0 Å².